The second kappa shape index (κ2) is 7.64. The number of carbonyl (C=O) groups excluding carboxylic acids is 1. The molecule has 0 saturated heterocycles. The van der Waals surface area contributed by atoms with Crippen molar-refractivity contribution in [3.8, 4) is 11.3 Å². The SMILES string of the molecule is CCOC(=O)c1cc(CCc2ccccc2)oc1-c1ccccc1. The zero-order valence-corrected chi connectivity index (χ0v) is 13.7. The Morgan fingerprint density at radius 3 is 2.29 bits per heavy atom. The maximum absolute atomic E-state index is 12.2. The van der Waals surface area contributed by atoms with E-state index < -0.39 is 0 Å². The van der Waals surface area contributed by atoms with Gasteiger partial charge in [-0.25, -0.2) is 4.79 Å². The van der Waals surface area contributed by atoms with Crippen LogP contribution in [-0.4, -0.2) is 12.6 Å². The first-order valence-corrected chi connectivity index (χ1v) is 8.17. The summed E-state index contributed by atoms with van der Waals surface area (Å²) in [5, 5.41) is 0. The van der Waals surface area contributed by atoms with Crippen LogP contribution in [0.5, 0.6) is 0 Å². The van der Waals surface area contributed by atoms with Gasteiger partial charge in [-0.05, 0) is 25.0 Å². The predicted molar refractivity (Wildman–Crippen MR) is 94.0 cm³/mol. The first-order valence-electron chi connectivity index (χ1n) is 8.17. The zero-order valence-electron chi connectivity index (χ0n) is 13.7. The molecule has 0 aliphatic heterocycles. The standard InChI is InChI=1S/C21H20O3/c1-2-23-21(22)19-15-18(14-13-16-9-5-3-6-10-16)24-20(19)17-11-7-4-8-12-17/h3-12,15H,2,13-14H2,1H3. The molecule has 0 atom stereocenters. The van der Waals surface area contributed by atoms with E-state index in [-0.39, 0.29) is 5.97 Å². The minimum absolute atomic E-state index is 0.342. The van der Waals surface area contributed by atoms with E-state index in [1.165, 1.54) is 5.56 Å². The molecule has 0 bridgehead atoms. The quantitative estimate of drug-likeness (QED) is 0.606. The third-order valence-corrected chi connectivity index (χ3v) is 3.82. The van der Waals surface area contributed by atoms with Gasteiger partial charge in [0, 0.05) is 12.0 Å². The highest BCUT2D eigenvalue weighted by Crippen LogP contribution is 2.28. The van der Waals surface area contributed by atoms with Crippen molar-refractivity contribution in [3.05, 3.63) is 83.6 Å². The van der Waals surface area contributed by atoms with E-state index >= 15 is 0 Å². The first-order chi connectivity index (χ1) is 11.8. The van der Waals surface area contributed by atoms with Crippen LogP contribution in [-0.2, 0) is 17.6 Å². The maximum atomic E-state index is 12.2. The molecule has 0 N–H and O–H groups in total. The Bertz CT molecular complexity index is 788. The van der Waals surface area contributed by atoms with Crippen LogP contribution in [0.15, 0.2) is 71.1 Å². The molecule has 3 aromatic rings. The van der Waals surface area contributed by atoms with Gasteiger partial charge in [-0.15, -0.1) is 0 Å². The van der Waals surface area contributed by atoms with Crippen LogP contribution in [0.4, 0.5) is 0 Å². The number of hydrogen-bond acceptors (Lipinski definition) is 3. The molecule has 0 saturated carbocycles. The number of hydrogen-bond donors (Lipinski definition) is 0. The monoisotopic (exact) mass is 320 g/mol. The first kappa shape index (κ1) is 16.1. The molecule has 24 heavy (non-hydrogen) atoms. The molecule has 3 rings (SSSR count). The zero-order chi connectivity index (χ0) is 16.8. The molecule has 0 amide bonds. The normalized spacial score (nSPS) is 10.5. The highest BCUT2D eigenvalue weighted by molar-refractivity contribution is 5.96. The van der Waals surface area contributed by atoms with Crippen molar-refractivity contribution in [3.63, 3.8) is 0 Å². The summed E-state index contributed by atoms with van der Waals surface area (Å²) in [6, 6.07) is 21.7. The summed E-state index contributed by atoms with van der Waals surface area (Å²) < 4.78 is 11.2. The summed E-state index contributed by atoms with van der Waals surface area (Å²) in [5.41, 5.74) is 2.62. The summed E-state index contributed by atoms with van der Waals surface area (Å²) >= 11 is 0. The minimum Gasteiger partial charge on any atom is -0.462 e. The van der Waals surface area contributed by atoms with E-state index in [1.807, 2.05) is 54.6 Å². The van der Waals surface area contributed by atoms with Crippen molar-refractivity contribution < 1.29 is 13.9 Å². The topological polar surface area (TPSA) is 39.4 Å². The molecule has 0 radical (unpaired) electrons. The van der Waals surface area contributed by atoms with Gasteiger partial charge in [0.25, 0.3) is 0 Å². The molecule has 1 aromatic heterocycles. The fourth-order valence-electron chi connectivity index (χ4n) is 2.64. The Morgan fingerprint density at radius 2 is 1.62 bits per heavy atom. The minimum atomic E-state index is -0.342. The van der Waals surface area contributed by atoms with E-state index in [0.717, 1.165) is 24.2 Å². The van der Waals surface area contributed by atoms with Crippen molar-refractivity contribution in [2.24, 2.45) is 0 Å². The third kappa shape index (κ3) is 3.74. The lowest BCUT2D eigenvalue weighted by atomic mass is 10.1. The van der Waals surface area contributed by atoms with Crippen molar-refractivity contribution in [1.29, 1.82) is 0 Å². The lowest BCUT2D eigenvalue weighted by molar-refractivity contribution is 0.0526. The predicted octanol–water partition coefficient (Wildman–Crippen LogP) is 4.91. The Balaban J connectivity index is 1.87. The van der Waals surface area contributed by atoms with Gasteiger partial charge < -0.3 is 9.15 Å². The van der Waals surface area contributed by atoms with Gasteiger partial charge >= 0.3 is 5.97 Å². The van der Waals surface area contributed by atoms with Crippen molar-refractivity contribution >= 4 is 5.97 Å². The van der Waals surface area contributed by atoms with Crippen LogP contribution in [0.1, 0.15) is 28.6 Å². The highest BCUT2D eigenvalue weighted by Gasteiger charge is 2.20. The van der Waals surface area contributed by atoms with Gasteiger partial charge in [0.05, 0.1) is 6.61 Å². The van der Waals surface area contributed by atoms with Gasteiger partial charge in [-0.1, -0.05) is 60.7 Å². The van der Waals surface area contributed by atoms with E-state index in [9.17, 15) is 4.79 Å². The van der Waals surface area contributed by atoms with E-state index in [4.69, 9.17) is 9.15 Å². The van der Waals surface area contributed by atoms with Crippen molar-refractivity contribution in [2.75, 3.05) is 6.61 Å². The van der Waals surface area contributed by atoms with Gasteiger partial charge in [0.15, 0.2) is 0 Å². The van der Waals surface area contributed by atoms with Crippen LogP contribution in [0, 0.1) is 0 Å². The Kier molecular flexibility index (Phi) is 5.12. The molecule has 1 heterocycles. The number of aryl methyl sites for hydroxylation is 2. The average molecular weight is 320 g/mol. The van der Waals surface area contributed by atoms with Crippen LogP contribution in [0.3, 0.4) is 0 Å². The molecule has 0 aliphatic rings. The summed E-state index contributed by atoms with van der Waals surface area (Å²) in [6.07, 6.45) is 1.61. The van der Waals surface area contributed by atoms with Crippen LogP contribution in [0.2, 0.25) is 0 Å². The third-order valence-electron chi connectivity index (χ3n) is 3.82. The fourth-order valence-corrected chi connectivity index (χ4v) is 2.64. The fraction of sp³-hybridized carbons (Fsp3) is 0.190. The Labute approximate surface area is 141 Å². The number of benzene rings is 2. The molecule has 122 valence electrons. The molecule has 0 unspecified atom stereocenters. The highest BCUT2D eigenvalue weighted by atomic mass is 16.5. The Hall–Kier alpha value is -2.81. The lowest BCUT2D eigenvalue weighted by Crippen LogP contribution is -2.04. The molecular weight excluding hydrogens is 300 g/mol. The van der Waals surface area contributed by atoms with E-state index in [2.05, 4.69) is 12.1 Å². The summed E-state index contributed by atoms with van der Waals surface area (Å²) in [7, 11) is 0. The number of carbonyl (C=O) groups is 1. The summed E-state index contributed by atoms with van der Waals surface area (Å²) in [6.45, 7) is 2.15. The molecule has 3 heteroatoms. The number of rotatable bonds is 6. The lowest BCUT2D eigenvalue weighted by Gasteiger charge is -2.02. The largest absolute Gasteiger partial charge is 0.462 e. The van der Waals surface area contributed by atoms with Crippen LogP contribution < -0.4 is 0 Å². The second-order valence-electron chi connectivity index (χ2n) is 5.53. The van der Waals surface area contributed by atoms with Gasteiger partial charge in [-0.3, -0.25) is 0 Å². The van der Waals surface area contributed by atoms with E-state index in [1.54, 1.807) is 6.92 Å². The van der Waals surface area contributed by atoms with Gasteiger partial charge in [-0.2, -0.15) is 0 Å². The van der Waals surface area contributed by atoms with Crippen LogP contribution in [0.25, 0.3) is 11.3 Å². The molecular formula is C21H20O3. The Morgan fingerprint density at radius 1 is 0.958 bits per heavy atom. The summed E-state index contributed by atoms with van der Waals surface area (Å²) in [4.78, 5) is 12.2. The molecule has 2 aromatic carbocycles. The molecule has 0 aliphatic carbocycles. The number of ether oxygens (including phenoxy) is 1. The van der Waals surface area contributed by atoms with Gasteiger partial charge in [0.1, 0.15) is 17.1 Å². The van der Waals surface area contributed by atoms with Crippen molar-refractivity contribution in [1.82, 2.24) is 0 Å². The second-order valence-corrected chi connectivity index (χ2v) is 5.53. The van der Waals surface area contributed by atoms with Gasteiger partial charge in [0.2, 0.25) is 0 Å². The number of furan rings is 1. The molecule has 0 fully saturated rings. The van der Waals surface area contributed by atoms with E-state index in [0.29, 0.717) is 17.9 Å². The maximum Gasteiger partial charge on any atom is 0.342 e. The van der Waals surface area contributed by atoms with Crippen LogP contribution >= 0.6 is 0 Å². The number of esters is 1. The smallest absolute Gasteiger partial charge is 0.342 e. The van der Waals surface area contributed by atoms with Crippen molar-refractivity contribution in [2.45, 2.75) is 19.8 Å². The summed E-state index contributed by atoms with van der Waals surface area (Å²) in [5.74, 6) is 1.03. The molecule has 3 nitrogen and oxygen atoms in total. The average Bonchev–Trinajstić information content (AvgIpc) is 3.06. The molecule has 0 spiro atoms.